The highest BCUT2D eigenvalue weighted by atomic mass is 35.5. The van der Waals surface area contributed by atoms with Crippen molar-refractivity contribution >= 4 is 44.5 Å². The molecular weight excluding hydrogens is 304 g/mol. The first-order chi connectivity index (χ1) is 9.04. The van der Waals surface area contributed by atoms with Crippen LogP contribution < -0.4 is 0 Å². The van der Waals surface area contributed by atoms with Crippen molar-refractivity contribution in [2.45, 2.75) is 9.92 Å². The Morgan fingerprint density at radius 2 is 1.84 bits per heavy atom. The van der Waals surface area contributed by atoms with Crippen molar-refractivity contribution in [2.75, 3.05) is 0 Å². The van der Waals surface area contributed by atoms with E-state index in [1.807, 2.05) is 0 Å². The number of halogens is 1. The lowest BCUT2D eigenvalue weighted by molar-refractivity contribution is 0.592. The van der Waals surface area contributed by atoms with Crippen molar-refractivity contribution in [3.8, 4) is 0 Å². The van der Waals surface area contributed by atoms with Gasteiger partial charge in [0.2, 0.25) is 9.84 Å². The van der Waals surface area contributed by atoms with Gasteiger partial charge in [0.1, 0.15) is 0 Å². The maximum Gasteiger partial charge on any atom is 0.223 e. The van der Waals surface area contributed by atoms with Gasteiger partial charge < -0.3 is 0 Å². The summed E-state index contributed by atoms with van der Waals surface area (Å²) in [5.74, 6) is 0. The molecule has 0 atom stereocenters. The molecule has 0 bridgehead atoms. The van der Waals surface area contributed by atoms with Crippen molar-refractivity contribution in [3.05, 3.63) is 47.6 Å². The minimum Gasteiger partial charge on any atom is -0.242 e. The summed E-state index contributed by atoms with van der Waals surface area (Å²) in [5.41, 5.74) is 0.449. The van der Waals surface area contributed by atoms with E-state index in [0.717, 1.165) is 0 Å². The van der Waals surface area contributed by atoms with Crippen molar-refractivity contribution in [1.29, 1.82) is 0 Å². The molecule has 1 aromatic heterocycles. The molecule has 0 saturated carbocycles. The van der Waals surface area contributed by atoms with Crippen molar-refractivity contribution in [3.63, 3.8) is 0 Å². The lowest BCUT2D eigenvalue weighted by Crippen LogP contribution is -2.03. The minimum atomic E-state index is -3.65. The molecule has 4 nitrogen and oxygen atoms in total. The Bertz CT molecular complexity index is 734. The van der Waals surface area contributed by atoms with Crippen molar-refractivity contribution in [1.82, 2.24) is 4.98 Å². The maximum absolute atomic E-state index is 12.2. The van der Waals surface area contributed by atoms with Crippen LogP contribution in [0.4, 0.5) is 5.69 Å². The van der Waals surface area contributed by atoms with E-state index in [1.165, 1.54) is 42.6 Å². The summed E-state index contributed by atoms with van der Waals surface area (Å²) in [4.78, 5) is 7.71. The second kappa shape index (κ2) is 5.59. The average molecular weight is 311 g/mol. The fraction of sp³-hybridized carbons (Fsp3) is 0. The Balaban J connectivity index is 2.44. The first kappa shape index (κ1) is 13.8. The first-order valence-electron chi connectivity index (χ1n) is 5.08. The number of aliphatic imine (C=N–C) groups is 1. The highest BCUT2D eigenvalue weighted by Crippen LogP contribution is 2.22. The van der Waals surface area contributed by atoms with Gasteiger partial charge in [-0.05, 0) is 48.6 Å². The van der Waals surface area contributed by atoms with E-state index in [1.54, 1.807) is 0 Å². The van der Waals surface area contributed by atoms with Gasteiger partial charge in [0, 0.05) is 5.02 Å². The van der Waals surface area contributed by atoms with E-state index in [9.17, 15) is 8.42 Å². The third kappa shape index (κ3) is 3.05. The molecule has 96 valence electrons. The van der Waals surface area contributed by atoms with Gasteiger partial charge in [-0.2, -0.15) is 4.99 Å². The van der Waals surface area contributed by atoms with Crippen LogP contribution in [0.1, 0.15) is 0 Å². The monoisotopic (exact) mass is 310 g/mol. The summed E-state index contributed by atoms with van der Waals surface area (Å²) in [5, 5.41) is 2.60. The standard InChI is InChI=1S/C12H7ClN2O2S2/c13-9-1-4-11(5-2-9)19(16,17)12-6-3-10(7-14-12)15-8-18/h1-7H. The van der Waals surface area contributed by atoms with Crippen LogP contribution in [0.25, 0.3) is 0 Å². The zero-order chi connectivity index (χ0) is 13.9. The second-order valence-electron chi connectivity index (χ2n) is 3.52. The molecule has 0 aliphatic heterocycles. The normalized spacial score (nSPS) is 10.8. The SMILES string of the molecule is O=S(=O)(c1ccc(Cl)cc1)c1ccc(N=C=S)cn1. The molecule has 2 aromatic rings. The van der Waals surface area contributed by atoms with E-state index in [-0.39, 0.29) is 9.92 Å². The number of thiocarbonyl (C=S) groups is 1. The van der Waals surface area contributed by atoms with Crippen LogP contribution in [-0.4, -0.2) is 18.6 Å². The van der Waals surface area contributed by atoms with Gasteiger partial charge in [0.05, 0.1) is 21.9 Å². The fourth-order valence-corrected chi connectivity index (χ4v) is 2.79. The third-order valence-electron chi connectivity index (χ3n) is 2.29. The molecule has 1 heterocycles. The molecule has 0 unspecified atom stereocenters. The molecule has 1 aromatic carbocycles. The predicted octanol–water partition coefficient (Wildman–Crippen LogP) is 3.30. The Morgan fingerprint density at radius 3 is 2.37 bits per heavy atom. The zero-order valence-electron chi connectivity index (χ0n) is 9.45. The number of nitrogens with zero attached hydrogens (tertiary/aromatic N) is 2. The van der Waals surface area contributed by atoms with Crippen LogP contribution in [0.3, 0.4) is 0 Å². The quantitative estimate of drug-likeness (QED) is 0.644. The summed E-state index contributed by atoms with van der Waals surface area (Å²) in [6.07, 6.45) is 1.32. The van der Waals surface area contributed by atoms with E-state index in [0.29, 0.717) is 10.7 Å². The largest absolute Gasteiger partial charge is 0.242 e. The van der Waals surface area contributed by atoms with Crippen molar-refractivity contribution in [2.24, 2.45) is 4.99 Å². The van der Waals surface area contributed by atoms with E-state index in [2.05, 4.69) is 27.4 Å². The Labute approximate surface area is 120 Å². The molecule has 0 aliphatic rings. The smallest absolute Gasteiger partial charge is 0.223 e. The van der Waals surface area contributed by atoms with E-state index < -0.39 is 9.84 Å². The number of pyridine rings is 1. The van der Waals surface area contributed by atoms with Crippen LogP contribution in [-0.2, 0) is 9.84 Å². The topological polar surface area (TPSA) is 59.4 Å². The van der Waals surface area contributed by atoms with Crippen LogP contribution in [0, 0.1) is 0 Å². The molecule has 0 N–H and O–H groups in total. The summed E-state index contributed by atoms with van der Waals surface area (Å²) in [6.45, 7) is 0. The van der Waals surface area contributed by atoms with Crippen LogP contribution in [0.5, 0.6) is 0 Å². The molecule has 2 rings (SSSR count). The van der Waals surface area contributed by atoms with Crippen LogP contribution in [0.2, 0.25) is 5.02 Å². The molecule has 0 saturated heterocycles. The number of benzene rings is 1. The Morgan fingerprint density at radius 1 is 1.16 bits per heavy atom. The number of hydrogen-bond donors (Lipinski definition) is 0. The molecule has 0 aliphatic carbocycles. The Hall–Kier alpha value is -1.59. The highest BCUT2D eigenvalue weighted by Gasteiger charge is 2.18. The number of aromatic nitrogens is 1. The van der Waals surface area contributed by atoms with Crippen LogP contribution in [0.15, 0.2) is 57.5 Å². The molecule has 0 fully saturated rings. The lowest BCUT2D eigenvalue weighted by atomic mass is 10.4. The van der Waals surface area contributed by atoms with Gasteiger partial charge in [-0.1, -0.05) is 11.6 Å². The minimum absolute atomic E-state index is 0.0573. The number of hydrogen-bond acceptors (Lipinski definition) is 5. The highest BCUT2D eigenvalue weighted by molar-refractivity contribution is 7.91. The fourth-order valence-electron chi connectivity index (χ4n) is 1.38. The van der Waals surface area contributed by atoms with E-state index in [4.69, 9.17) is 11.6 Å². The zero-order valence-corrected chi connectivity index (χ0v) is 11.8. The van der Waals surface area contributed by atoms with Gasteiger partial charge in [0.25, 0.3) is 0 Å². The van der Waals surface area contributed by atoms with Crippen LogP contribution >= 0.6 is 23.8 Å². The number of isothiocyanates is 1. The lowest BCUT2D eigenvalue weighted by Gasteiger charge is -2.03. The molecule has 19 heavy (non-hydrogen) atoms. The first-order valence-corrected chi connectivity index (χ1v) is 7.35. The molecule has 0 spiro atoms. The van der Waals surface area contributed by atoms with Gasteiger partial charge >= 0.3 is 0 Å². The summed E-state index contributed by atoms with van der Waals surface area (Å²) < 4.78 is 24.5. The molecule has 0 radical (unpaired) electrons. The number of sulfone groups is 1. The second-order valence-corrected chi connectivity index (χ2v) is 6.03. The average Bonchev–Trinajstić information content (AvgIpc) is 2.40. The summed E-state index contributed by atoms with van der Waals surface area (Å²) in [7, 11) is -3.65. The summed E-state index contributed by atoms with van der Waals surface area (Å²) >= 11 is 10.2. The van der Waals surface area contributed by atoms with E-state index >= 15 is 0 Å². The Kier molecular flexibility index (Phi) is 4.07. The van der Waals surface area contributed by atoms with Gasteiger partial charge in [-0.15, -0.1) is 0 Å². The third-order valence-corrected chi connectivity index (χ3v) is 4.32. The molecule has 0 amide bonds. The molecular formula is C12H7ClN2O2S2. The van der Waals surface area contributed by atoms with Gasteiger partial charge in [-0.3, -0.25) is 0 Å². The number of rotatable bonds is 3. The van der Waals surface area contributed by atoms with Gasteiger partial charge in [-0.25, -0.2) is 13.4 Å². The maximum atomic E-state index is 12.2. The van der Waals surface area contributed by atoms with Crippen molar-refractivity contribution < 1.29 is 8.42 Å². The predicted molar refractivity (Wildman–Crippen MR) is 75.8 cm³/mol. The summed E-state index contributed by atoms with van der Waals surface area (Å²) in [6, 6.07) is 8.77. The molecule has 7 heteroatoms. The van der Waals surface area contributed by atoms with Gasteiger partial charge in [0.15, 0.2) is 5.03 Å².